The summed E-state index contributed by atoms with van der Waals surface area (Å²) in [5.41, 5.74) is 3.92. The SMILES string of the molecule is COc1cccc(/C=N/NC(=O)c2ccc(NS(=O)(=O)c3cccs3)cc2)c1. The Morgan fingerprint density at radius 2 is 1.89 bits per heavy atom. The summed E-state index contributed by atoms with van der Waals surface area (Å²) in [6.07, 6.45) is 1.50. The quantitative estimate of drug-likeness (QED) is 0.457. The molecule has 0 spiro atoms. The fourth-order valence-corrected chi connectivity index (χ4v) is 4.31. The molecule has 3 rings (SSSR count). The zero-order valence-corrected chi connectivity index (χ0v) is 16.5. The lowest BCUT2D eigenvalue weighted by Crippen LogP contribution is -2.17. The van der Waals surface area contributed by atoms with Crippen LogP contribution in [-0.2, 0) is 10.0 Å². The number of ether oxygens (including phenoxy) is 1. The van der Waals surface area contributed by atoms with Crippen LogP contribution in [0.4, 0.5) is 5.69 Å². The van der Waals surface area contributed by atoms with E-state index in [4.69, 9.17) is 4.74 Å². The van der Waals surface area contributed by atoms with Gasteiger partial charge in [0.15, 0.2) is 0 Å². The Balaban J connectivity index is 1.61. The molecule has 0 unspecified atom stereocenters. The normalized spacial score (nSPS) is 11.3. The number of carbonyl (C=O) groups is 1. The van der Waals surface area contributed by atoms with E-state index in [9.17, 15) is 13.2 Å². The lowest BCUT2D eigenvalue weighted by Gasteiger charge is -2.07. The second kappa shape index (κ2) is 8.68. The van der Waals surface area contributed by atoms with Crippen LogP contribution in [-0.4, -0.2) is 27.6 Å². The Kier molecular flexibility index (Phi) is 6.07. The van der Waals surface area contributed by atoms with Crippen LogP contribution in [0.3, 0.4) is 0 Å². The fourth-order valence-electron chi connectivity index (χ4n) is 2.26. The first-order valence-electron chi connectivity index (χ1n) is 8.12. The van der Waals surface area contributed by atoms with Crippen LogP contribution < -0.4 is 14.9 Å². The Morgan fingerprint density at radius 3 is 2.57 bits per heavy atom. The summed E-state index contributed by atoms with van der Waals surface area (Å²) in [5, 5.41) is 5.61. The van der Waals surface area contributed by atoms with Crippen molar-refractivity contribution in [2.75, 3.05) is 11.8 Å². The summed E-state index contributed by atoms with van der Waals surface area (Å²) >= 11 is 1.13. The van der Waals surface area contributed by atoms with E-state index in [1.54, 1.807) is 24.6 Å². The highest BCUT2D eigenvalue weighted by Crippen LogP contribution is 2.20. The van der Waals surface area contributed by atoms with Gasteiger partial charge in [-0.2, -0.15) is 5.10 Å². The lowest BCUT2D eigenvalue weighted by molar-refractivity contribution is 0.0955. The first kappa shape index (κ1) is 19.6. The highest BCUT2D eigenvalue weighted by molar-refractivity contribution is 7.94. The van der Waals surface area contributed by atoms with Crippen molar-refractivity contribution in [2.24, 2.45) is 5.10 Å². The number of rotatable bonds is 7. The third-order valence-electron chi connectivity index (χ3n) is 3.63. The van der Waals surface area contributed by atoms with Gasteiger partial charge in [0, 0.05) is 11.3 Å². The third kappa shape index (κ3) is 4.96. The largest absolute Gasteiger partial charge is 0.497 e. The van der Waals surface area contributed by atoms with Crippen molar-refractivity contribution in [3.63, 3.8) is 0 Å². The van der Waals surface area contributed by atoms with Gasteiger partial charge in [0.05, 0.1) is 13.3 Å². The van der Waals surface area contributed by atoms with Gasteiger partial charge in [-0.3, -0.25) is 9.52 Å². The van der Waals surface area contributed by atoms with Crippen molar-refractivity contribution in [3.8, 4) is 5.75 Å². The molecule has 0 fully saturated rings. The monoisotopic (exact) mass is 415 g/mol. The number of hydrogen-bond donors (Lipinski definition) is 2. The average molecular weight is 415 g/mol. The van der Waals surface area contributed by atoms with E-state index in [1.807, 2.05) is 18.2 Å². The zero-order chi connectivity index (χ0) is 20.0. The Bertz CT molecular complexity index is 1080. The molecule has 9 heteroatoms. The van der Waals surface area contributed by atoms with Crippen LogP contribution in [0.5, 0.6) is 5.75 Å². The van der Waals surface area contributed by atoms with E-state index < -0.39 is 15.9 Å². The number of benzene rings is 2. The standard InChI is InChI=1S/C19H17N3O4S2/c1-26-17-5-2-4-14(12-17)13-20-21-19(23)15-7-9-16(10-8-15)22-28(24,25)18-6-3-11-27-18/h2-13,22H,1H3,(H,21,23)/b20-13+. The van der Waals surface area contributed by atoms with Crippen molar-refractivity contribution in [1.82, 2.24) is 5.43 Å². The molecule has 3 aromatic rings. The molecule has 0 aliphatic carbocycles. The second-order valence-corrected chi connectivity index (χ2v) is 8.45. The fraction of sp³-hybridized carbons (Fsp3) is 0.0526. The van der Waals surface area contributed by atoms with Crippen LogP contribution in [0.1, 0.15) is 15.9 Å². The minimum Gasteiger partial charge on any atom is -0.497 e. The number of thiophene rings is 1. The zero-order valence-electron chi connectivity index (χ0n) is 14.8. The van der Waals surface area contributed by atoms with E-state index in [1.165, 1.54) is 36.5 Å². The molecule has 0 atom stereocenters. The Morgan fingerprint density at radius 1 is 1.11 bits per heavy atom. The van der Waals surface area contributed by atoms with Gasteiger partial charge >= 0.3 is 0 Å². The number of amides is 1. The first-order valence-corrected chi connectivity index (χ1v) is 10.5. The summed E-state index contributed by atoms with van der Waals surface area (Å²) in [7, 11) is -2.05. The van der Waals surface area contributed by atoms with E-state index in [0.717, 1.165) is 16.9 Å². The smallest absolute Gasteiger partial charge is 0.271 e. The maximum absolute atomic E-state index is 12.2. The summed E-state index contributed by atoms with van der Waals surface area (Å²) < 4.78 is 32.2. The minimum atomic E-state index is -3.62. The molecule has 28 heavy (non-hydrogen) atoms. The van der Waals surface area contributed by atoms with Crippen molar-refractivity contribution < 1.29 is 17.9 Å². The molecular weight excluding hydrogens is 398 g/mol. The van der Waals surface area contributed by atoms with Crippen LogP contribution in [0.25, 0.3) is 0 Å². The van der Waals surface area contributed by atoms with Crippen molar-refractivity contribution in [2.45, 2.75) is 4.21 Å². The number of anilines is 1. The number of sulfonamides is 1. The Hall–Kier alpha value is -3.17. The predicted molar refractivity (Wildman–Crippen MR) is 110 cm³/mol. The average Bonchev–Trinajstić information content (AvgIpc) is 3.24. The number of nitrogens with one attached hydrogen (secondary N) is 2. The van der Waals surface area contributed by atoms with Gasteiger partial charge in [0.25, 0.3) is 15.9 Å². The van der Waals surface area contributed by atoms with E-state index >= 15 is 0 Å². The maximum atomic E-state index is 12.2. The number of carbonyl (C=O) groups excluding carboxylic acids is 1. The van der Waals surface area contributed by atoms with Crippen molar-refractivity contribution in [1.29, 1.82) is 0 Å². The molecule has 2 aromatic carbocycles. The summed E-state index contributed by atoms with van der Waals surface area (Å²) in [4.78, 5) is 12.2. The highest BCUT2D eigenvalue weighted by Gasteiger charge is 2.15. The van der Waals surface area contributed by atoms with Gasteiger partial charge in [-0.05, 0) is 53.4 Å². The second-order valence-electron chi connectivity index (χ2n) is 5.59. The first-order chi connectivity index (χ1) is 13.5. The number of hydrazone groups is 1. The van der Waals surface area contributed by atoms with Crippen molar-refractivity contribution in [3.05, 3.63) is 77.2 Å². The lowest BCUT2D eigenvalue weighted by atomic mass is 10.2. The van der Waals surface area contributed by atoms with Crippen molar-refractivity contribution >= 4 is 39.2 Å². The molecule has 0 bridgehead atoms. The number of hydrogen-bond acceptors (Lipinski definition) is 6. The van der Waals surface area contributed by atoms with E-state index in [-0.39, 0.29) is 4.21 Å². The van der Waals surface area contributed by atoms with Crippen LogP contribution >= 0.6 is 11.3 Å². The molecule has 7 nitrogen and oxygen atoms in total. The topological polar surface area (TPSA) is 96.9 Å². The molecule has 1 amide bonds. The molecule has 1 heterocycles. The summed E-state index contributed by atoms with van der Waals surface area (Å²) in [5.74, 6) is 0.280. The van der Waals surface area contributed by atoms with Gasteiger partial charge in [0.1, 0.15) is 9.96 Å². The molecule has 1 aromatic heterocycles. The molecule has 0 saturated heterocycles. The molecular formula is C19H17N3O4S2. The number of nitrogens with zero attached hydrogens (tertiary/aromatic N) is 1. The molecule has 0 aliphatic heterocycles. The highest BCUT2D eigenvalue weighted by atomic mass is 32.2. The van der Waals surface area contributed by atoms with Gasteiger partial charge in [-0.1, -0.05) is 18.2 Å². The van der Waals surface area contributed by atoms with Gasteiger partial charge in [0.2, 0.25) is 0 Å². The maximum Gasteiger partial charge on any atom is 0.271 e. The summed E-state index contributed by atoms with van der Waals surface area (Å²) in [6.45, 7) is 0. The van der Waals surface area contributed by atoms with E-state index in [2.05, 4.69) is 15.2 Å². The molecule has 144 valence electrons. The Labute approximate surface area is 166 Å². The van der Waals surface area contributed by atoms with Crippen LogP contribution in [0, 0.1) is 0 Å². The van der Waals surface area contributed by atoms with E-state index in [0.29, 0.717) is 17.0 Å². The van der Waals surface area contributed by atoms with Gasteiger partial charge < -0.3 is 4.74 Å². The molecule has 2 N–H and O–H groups in total. The minimum absolute atomic E-state index is 0.223. The van der Waals surface area contributed by atoms with Gasteiger partial charge in [-0.25, -0.2) is 13.8 Å². The predicted octanol–water partition coefficient (Wildman–Crippen LogP) is 3.32. The third-order valence-corrected chi connectivity index (χ3v) is 6.41. The van der Waals surface area contributed by atoms with Gasteiger partial charge in [-0.15, -0.1) is 11.3 Å². The molecule has 0 radical (unpaired) electrons. The molecule has 0 aliphatic rings. The summed E-state index contributed by atoms with van der Waals surface area (Å²) in [6, 6.07) is 16.5. The number of methoxy groups -OCH3 is 1. The van der Waals surface area contributed by atoms with Crippen LogP contribution in [0.15, 0.2) is 75.4 Å². The molecule has 0 saturated carbocycles. The van der Waals surface area contributed by atoms with Crippen LogP contribution in [0.2, 0.25) is 0 Å².